The largest absolute Gasteiger partial charge is 0.454 e. The van der Waals surface area contributed by atoms with Gasteiger partial charge in [0.2, 0.25) is 18.6 Å². The average molecular weight is 306 g/mol. The number of hydrogen-bond acceptors (Lipinski definition) is 4. The van der Waals surface area contributed by atoms with Gasteiger partial charge in [-0.15, -0.1) is 0 Å². The average Bonchev–Trinajstić information content (AvgIpc) is 2.90. The molecule has 6 nitrogen and oxygen atoms in total. The van der Waals surface area contributed by atoms with Crippen molar-refractivity contribution in [3.63, 3.8) is 0 Å². The van der Waals surface area contributed by atoms with Crippen LogP contribution >= 0.6 is 0 Å². The Balaban J connectivity index is 1.86. The number of benzene rings is 1. The molecule has 1 aromatic rings. The zero-order valence-electron chi connectivity index (χ0n) is 13.4. The second kappa shape index (κ2) is 6.25. The van der Waals surface area contributed by atoms with Crippen LogP contribution < -0.4 is 20.1 Å². The number of amides is 2. The number of ether oxygens (including phenoxy) is 2. The standard InChI is InChI=1S/C16H22N2O4/c1-10(18-15(20)16(2,3)4)14(19)17-8-11-5-6-12-13(7-11)22-9-21-12/h5-7,10H,8-9H2,1-4H3,(H,17,19)(H,18,20)/t10-/m0/s1. The number of hydrogen-bond donors (Lipinski definition) is 2. The molecule has 1 aromatic carbocycles. The minimum Gasteiger partial charge on any atom is -0.454 e. The van der Waals surface area contributed by atoms with Gasteiger partial charge in [-0.3, -0.25) is 9.59 Å². The first-order chi connectivity index (χ1) is 10.3. The van der Waals surface area contributed by atoms with Gasteiger partial charge in [0.25, 0.3) is 0 Å². The van der Waals surface area contributed by atoms with Gasteiger partial charge in [-0.25, -0.2) is 0 Å². The molecule has 0 saturated carbocycles. The maximum atomic E-state index is 12.0. The summed E-state index contributed by atoms with van der Waals surface area (Å²) in [6, 6.07) is 4.93. The van der Waals surface area contributed by atoms with Crippen molar-refractivity contribution in [2.45, 2.75) is 40.3 Å². The maximum Gasteiger partial charge on any atom is 0.242 e. The van der Waals surface area contributed by atoms with E-state index in [-0.39, 0.29) is 18.6 Å². The number of fused-ring (bicyclic) bond motifs is 1. The number of rotatable bonds is 4. The predicted octanol–water partition coefficient (Wildman–Crippen LogP) is 1.58. The molecule has 1 aliphatic heterocycles. The molecule has 2 N–H and O–H groups in total. The summed E-state index contributed by atoms with van der Waals surface area (Å²) in [7, 11) is 0. The lowest BCUT2D eigenvalue weighted by Crippen LogP contribution is -2.48. The summed E-state index contributed by atoms with van der Waals surface area (Å²) in [6.45, 7) is 7.67. The van der Waals surface area contributed by atoms with Gasteiger partial charge in [0, 0.05) is 12.0 Å². The molecule has 0 bridgehead atoms. The third-order valence-corrected chi connectivity index (χ3v) is 3.33. The topological polar surface area (TPSA) is 76.7 Å². The quantitative estimate of drug-likeness (QED) is 0.885. The molecule has 0 aliphatic carbocycles. The van der Waals surface area contributed by atoms with E-state index in [0.717, 1.165) is 5.56 Å². The van der Waals surface area contributed by atoms with Crippen molar-refractivity contribution in [1.82, 2.24) is 10.6 Å². The highest BCUT2D eigenvalue weighted by molar-refractivity contribution is 5.89. The van der Waals surface area contributed by atoms with Crippen LogP contribution in [0.1, 0.15) is 33.3 Å². The predicted molar refractivity (Wildman–Crippen MR) is 81.5 cm³/mol. The highest BCUT2D eigenvalue weighted by atomic mass is 16.7. The Bertz CT molecular complexity index is 578. The zero-order chi connectivity index (χ0) is 16.3. The van der Waals surface area contributed by atoms with E-state index in [2.05, 4.69) is 10.6 Å². The summed E-state index contributed by atoms with van der Waals surface area (Å²) >= 11 is 0. The highest BCUT2D eigenvalue weighted by Gasteiger charge is 2.25. The molecular weight excluding hydrogens is 284 g/mol. The van der Waals surface area contributed by atoms with E-state index in [1.807, 2.05) is 18.2 Å². The van der Waals surface area contributed by atoms with E-state index in [0.29, 0.717) is 18.0 Å². The highest BCUT2D eigenvalue weighted by Crippen LogP contribution is 2.32. The van der Waals surface area contributed by atoms with E-state index < -0.39 is 11.5 Å². The van der Waals surface area contributed by atoms with Crippen molar-refractivity contribution in [2.75, 3.05) is 6.79 Å². The first-order valence-corrected chi connectivity index (χ1v) is 7.24. The van der Waals surface area contributed by atoms with Crippen LogP contribution in [0.4, 0.5) is 0 Å². The second-order valence-electron chi connectivity index (χ2n) is 6.35. The molecular formula is C16H22N2O4. The summed E-state index contributed by atoms with van der Waals surface area (Å²) < 4.78 is 10.5. The molecule has 22 heavy (non-hydrogen) atoms. The normalized spacial score (nSPS) is 14.4. The van der Waals surface area contributed by atoms with E-state index in [1.54, 1.807) is 27.7 Å². The van der Waals surface area contributed by atoms with Crippen LogP contribution in [0.3, 0.4) is 0 Å². The van der Waals surface area contributed by atoms with Crippen molar-refractivity contribution in [3.8, 4) is 11.5 Å². The molecule has 0 spiro atoms. The van der Waals surface area contributed by atoms with Gasteiger partial charge < -0.3 is 20.1 Å². The third kappa shape index (κ3) is 3.90. The number of nitrogens with one attached hydrogen (secondary N) is 2. The number of carbonyl (C=O) groups excluding carboxylic acids is 2. The van der Waals surface area contributed by atoms with Gasteiger partial charge in [-0.1, -0.05) is 26.8 Å². The minimum absolute atomic E-state index is 0.154. The van der Waals surface area contributed by atoms with Crippen LogP contribution in [0.25, 0.3) is 0 Å². The molecule has 6 heteroatoms. The van der Waals surface area contributed by atoms with Crippen LogP contribution in [0.15, 0.2) is 18.2 Å². The lowest BCUT2D eigenvalue weighted by atomic mass is 9.95. The van der Waals surface area contributed by atoms with E-state index in [9.17, 15) is 9.59 Å². The molecule has 0 unspecified atom stereocenters. The summed E-state index contributed by atoms with van der Waals surface area (Å²) in [5.41, 5.74) is 0.387. The molecule has 1 heterocycles. The molecule has 2 amide bonds. The molecule has 0 fully saturated rings. The third-order valence-electron chi connectivity index (χ3n) is 3.33. The fourth-order valence-corrected chi connectivity index (χ4v) is 1.87. The lowest BCUT2D eigenvalue weighted by molar-refractivity contribution is -0.133. The van der Waals surface area contributed by atoms with Gasteiger partial charge >= 0.3 is 0 Å². The van der Waals surface area contributed by atoms with Crippen molar-refractivity contribution in [1.29, 1.82) is 0 Å². The molecule has 1 atom stereocenters. The maximum absolute atomic E-state index is 12.0. The first-order valence-electron chi connectivity index (χ1n) is 7.24. The van der Waals surface area contributed by atoms with Crippen molar-refractivity contribution in [2.24, 2.45) is 5.41 Å². The molecule has 0 aromatic heterocycles. The SMILES string of the molecule is C[C@H](NC(=O)C(C)(C)C)C(=O)NCc1ccc2c(c1)OCO2. The molecule has 2 rings (SSSR count). The first kappa shape index (κ1) is 16.1. The monoisotopic (exact) mass is 306 g/mol. The summed E-state index contributed by atoms with van der Waals surface area (Å²) in [5, 5.41) is 5.50. The summed E-state index contributed by atoms with van der Waals surface area (Å²) in [4.78, 5) is 23.9. The smallest absolute Gasteiger partial charge is 0.242 e. The fourth-order valence-electron chi connectivity index (χ4n) is 1.87. The van der Waals surface area contributed by atoms with Crippen LogP contribution in [0.5, 0.6) is 11.5 Å². The van der Waals surface area contributed by atoms with Gasteiger partial charge in [0.1, 0.15) is 6.04 Å². The second-order valence-corrected chi connectivity index (χ2v) is 6.35. The van der Waals surface area contributed by atoms with Gasteiger partial charge in [-0.2, -0.15) is 0 Å². The Labute approximate surface area is 130 Å². The lowest BCUT2D eigenvalue weighted by Gasteiger charge is -2.21. The number of carbonyl (C=O) groups is 2. The van der Waals surface area contributed by atoms with E-state index in [1.165, 1.54) is 0 Å². The molecule has 0 radical (unpaired) electrons. The Morgan fingerprint density at radius 2 is 1.91 bits per heavy atom. The molecule has 120 valence electrons. The van der Waals surface area contributed by atoms with Gasteiger partial charge in [0.05, 0.1) is 0 Å². The summed E-state index contributed by atoms with van der Waals surface area (Å²) in [5.74, 6) is 1.01. The Hall–Kier alpha value is -2.24. The zero-order valence-corrected chi connectivity index (χ0v) is 13.4. The molecule has 0 saturated heterocycles. The van der Waals surface area contributed by atoms with Crippen LogP contribution in [-0.4, -0.2) is 24.6 Å². The van der Waals surface area contributed by atoms with E-state index in [4.69, 9.17) is 9.47 Å². The van der Waals surface area contributed by atoms with Gasteiger partial charge in [-0.05, 0) is 24.6 Å². The van der Waals surface area contributed by atoms with Crippen LogP contribution in [0.2, 0.25) is 0 Å². The molecule has 1 aliphatic rings. The van der Waals surface area contributed by atoms with Crippen molar-refractivity contribution < 1.29 is 19.1 Å². The Kier molecular flexibility index (Phi) is 4.59. The van der Waals surface area contributed by atoms with Crippen LogP contribution in [0, 0.1) is 5.41 Å². The Morgan fingerprint density at radius 3 is 2.59 bits per heavy atom. The van der Waals surface area contributed by atoms with Gasteiger partial charge in [0.15, 0.2) is 11.5 Å². The fraction of sp³-hybridized carbons (Fsp3) is 0.500. The van der Waals surface area contributed by atoms with Crippen molar-refractivity contribution >= 4 is 11.8 Å². The van der Waals surface area contributed by atoms with E-state index >= 15 is 0 Å². The summed E-state index contributed by atoms with van der Waals surface area (Å²) in [6.07, 6.45) is 0. The van der Waals surface area contributed by atoms with Crippen LogP contribution in [-0.2, 0) is 16.1 Å². The van der Waals surface area contributed by atoms with Crippen molar-refractivity contribution in [3.05, 3.63) is 23.8 Å². The minimum atomic E-state index is -0.583. The Morgan fingerprint density at radius 1 is 1.23 bits per heavy atom.